The molecule has 0 heterocycles. The lowest BCUT2D eigenvalue weighted by Crippen LogP contribution is -2.00. The van der Waals surface area contributed by atoms with Crippen LogP contribution in [0.5, 0.6) is 0 Å². The fraction of sp³-hybridized carbons (Fsp3) is 0.125. The number of hydrogen-bond donors (Lipinski definition) is 1. The molecule has 0 bridgehead atoms. The van der Waals surface area contributed by atoms with E-state index in [1.807, 2.05) is 12.1 Å². The molecule has 7 heteroatoms. The fourth-order valence-corrected chi connectivity index (χ4v) is 2.52. The maximum absolute atomic E-state index is 11.3. The largest absolute Gasteiger partial charge is 0.295 e. The van der Waals surface area contributed by atoms with E-state index in [1.165, 1.54) is 6.07 Å². The van der Waals surface area contributed by atoms with Crippen molar-refractivity contribution in [2.75, 3.05) is 14.1 Å². The third kappa shape index (κ3) is 5.01. The molecule has 0 aliphatic carbocycles. The Morgan fingerprint density at radius 1 is 1.00 bits per heavy atom. The molecule has 0 atom stereocenters. The smallest absolute Gasteiger partial charge is 0.285 e. The molecule has 0 amide bonds. The van der Waals surface area contributed by atoms with Gasteiger partial charge in [0, 0.05) is 14.1 Å². The van der Waals surface area contributed by atoms with Crippen LogP contribution in [-0.4, -0.2) is 32.1 Å². The fourth-order valence-electron chi connectivity index (χ4n) is 1.83. The van der Waals surface area contributed by atoms with Crippen molar-refractivity contribution in [1.29, 1.82) is 0 Å². The molecular weight excluding hydrogens is 314 g/mol. The molecule has 0 aliphatic heterocycles. The van der Waals surface area contributed by atoms with E-state index in [9.17, 15) is 13.0 Å². The van der Waals surface area contributed by atoms with Gasteiger partial charge in [-0.2, -0.15) is 8.42 Å². The Labute approximate surface area is 135 Å². The predicted molar refractivity (Wildman–Crippen MR) is 89.8 cm³/mol. The van der Waals surface area contributed by atoms with Gasteiger partial charge >= 0.3 is 0 Å². The van der Waals surface area contributed by atoms with Gasteiger partial charge in [0.05, 0.1) is 5.69 Å². The Morgan fingerprint density at radius 3 is 2.26 bits per heavy atom. The van der Waals surface area contributed by atoms with Crippen molar-refractivity contribution in [2.45, 2.75) is 4.90 Å². The van der Waals surface area contributed by atoms with Crippen molar-refractivity contribution in [2.24, 2.45) is 10.3 Å². The average Bonchev–Trinajstić information content (AvgIpc) is 2.51. The van der Waals surface area contributed by atoms with Gasteiger partial charge in [-0.1, -0.05) is 47.7 Å². The van der Waals surface area contributed by atoms with Crippen molar-refractivity contribution in [1.82, 2.24) is 5.01 Å². The molecule has 2 aromatic rings. The summed E-state index contributed by atoms with van der Waals surface area (Å²) in [6.07, 6.45) is 3.40. The summed E-state index contributed by atoms with van der Waals surface area (Å²) < 4.78 is 31.9. The van der Waals surface area contributed by atoms with Crippen LogP contribution in [-0.2, 0) is 10.1 Å². The zero-order valence-electron chi connectivity index (χ0n) is 12.8. The molecule has 0 aliphatic rings. The van der Waals surface area contributed by atoms with Gasteiger partial charge < -0.3 is 0 Å². The molecular formula is C16H17N3O3S. The zero-order valence-corrected chi connectivity index (χ0v) is 13.6. The van der Waals surface area contributed by atoms with Gasteiger partial charge in [0.15, 0.2) is 0 Å². The van der Waals surface area contributed by atoms with E-state index in [4.69, 9.17) is 0 Å². The topological polar surface area (TPSA) is 82.3 Å². The Kier molecular flexibility index (Phi) is 5.25. The minimum Gasteiger partial charge on any atom is -0.285 e. The molecule has 6 nitrogen and oxygen atoms in total. The average molecular weight is 331 g/mol. The van der Waals surface area contributed by atoms with Crippen molar-refractivity contribution < 1.29 is 13.0 Å². The molecule has 1 N–H and O–H groups in total. The summed E-state index contributed by atoms with van der Waals surface area (Å²) in [6, 6.07) is 13.6. The van der Waals surface area contributed by atoms with E-state index < -0.39 is 10.1 Å². The number of hydrogen-bond acceptors (Lipinski definition) is 4. The highest BCUT2D eigenvalue weighted by Crippen LogP contribution is 2.19. The lowest BCUT2D eigenvalue weighted by molar-refractivity contribution is 0.408. The second-order valence-electron chi connectivity index (χ2n) is 4.97. The van der Waals surface area contributed by atoms with Gasteiger partial charge in [-0.15, -0.1) is 5.11 Å². The third-order valence-corrected chi connectivity index (χ3v) is 3.81. The third-order valence-electron chi connectivity index (χ3n) is 2.88. The number of rotatable bonds is 5. The summed E-state index contributed by atoms with van der Waals surface area (Å²) in [4.78, 5) is -0.118. The summed E-state index contributed by atoms with van der Waals surface area (Å²) in [5.41, 5.74) is 2.01. The molecule has 0 radical (unpaired) electrons. The van der Waals surface area contributed by atoms with Gasteiger partial charge in [0.2, 0.25) is 0 Å². The van der Waals surface area contributed by atoms with Gasteiger partial charge in [-0.25, -0.2) is 0 Å². The zero-order chi connectivity index (χ0) is 16.9. The molecule has 0 saturated carbocycles. The molecule has 2 rings (SSSR count). The first-order valence-corrected chi connectivity index (χ1v) is 8.24. The SMILES string of the molecule is CN(C)N=Nc1ccc(C=Cc2ccccc2S(=O)(=O)O)cc1. The van der Waals surface area contributed by atoms with Crippen LogP contribution < -0.4 is 0 Å². The predicted octanol–water partition coefficient (Wildman–Crippen LogP) is 3.66. The van der Waals surface area contributed by atoms with Gasteiger partial charge in [0.1, 0.15) is 4.90 Å². The summed E-state index contributed by atoms with van der Waals surface area (Å²) in [6.45, 7) is 0. The van der Waals surface area contributed by atoms with Crippen molar-refractivity contribution in [3.05, 3.63) is 59.7 Å². The highest BCUT2D eigenvalue weighted by Gasteiger charge is 2.12. The summed E-state index contributed by atoms with van der Waals surface area (Å²) in [5.74, 6) is 0. The van der Waals surface area contributed by atoms with Crippen molar-refractivity contribution in [3.8, 4) is 0 Å². The minimum absolute atomic E-state index is 0.118. The maximum atomic E-state index is 11.3. The first-order chi connectivity index (χ1) is 10.9. The van der Waals surface area contributed by atoms with Gasteiger partial charge in [-0.05, 0) is 29.3 Å². The van der Waals surface area contributed by atoms with E-state index in [1.54, 1.807) is 61.6 Å². The summed E-state index contributed by atoms with van der Waals surface area (Å²) >= 11 is 0. The Morgan fingerprint density at radius 2 is 1.65 bits per heavy atom. The van der Waals surface area contributed by atoms with Crippen LogP contribution in [0.3, 0.4) is 0 Å². The quantitative estimate of drug-likeness (QED) is 0.392. The van der Waals surface area contributed by atoms with Gasteiger partial charge in [0.25, 0.3) is 10.1 Å². The molecule has 0 aromatic heterocycles. The van der Waals surface area contributed by atoms with Crippen molar-refractivity contribution in [3.63, 3.8) is 0 Å². The van der Waals surface area contributed by atoms with Crippen LogP contribution in [0, 0.1) is 0 Å². The molecule has 0 unspecified atom stereocenters. The second-order valence-corrected chi connectivity index (χ2v) is 6.36. The van der Waals surface area contributed by atoms with Crippen LogP contribution in [0.2, 0.25) is 0 Å². The van der Waals surface area contributed by atoms with Crippen molar-refractivity contribution >= 4 is 28.0 Å². The first-order valence-electron chi connectivity index (χ1n) is 6.80. The highest BCUT2D eigenvalue weighted by molar-refractivity contribution is 7.85. The van der Waals surface area contributed by atoms with Crippen LogP contribution >= 0.6 is 0 Å². The molecule has 120 valence electrons. The van der Waals surface area contributed by atoms with Crippen LogP contribution in [0.4, 0.5) is 5.69 Å². The van der Waals surface area contributed by atoms with E-state index >= 15 is 0 Å². The van der Waals surface area contributed by atoms with E-state index in [0.717, 1.165) is 5.56 Å². The Bertz CT molecular complexity index is 826. The minimum atomic E-state index is -4.24. The molecule has 23 heavy (non-hydrogen) atoms. The van der Waals surface area contributed by atoms with E-state index in [2.05, 4.69) is 10.3 Å². The highest BCUT2D eigenvalue weighted by atomic mass is 32.2. The molecule has 0 fully saturated rings. The monoisotopic (exact) mass is 331 g/mol. The first kappa shape index (κ1) is 16.9. The summed E-state index contributed by atoms with van der Waals surface area (Å²) in [7, 11) is -0.673. The second kappa shape index (κ2) is 7.17. The molecule has 0 spiro atoms. The van der Waals surface area contributed by atoms with Crippen LogP contribution in [0.25, 0.3) is 12.2 Å². The van der Waals surface area contributed by atoms with E-state index in [0.29, 0.717) is 11.3 Å². The Hall–Kier alpha value is -2.51. The lowest BCUT2D eigenvalue weighted by atomic mass is 10.1. The number of nitrogens with zero attached hydrogens (tertiary/aromatic N) is 3. The van der Waals surface area contributed by atoms with Crippen LogP contribution in [0.15, 0.2) is 63.8 Å². The van der Waals surface area contributed by atoms with Crippen LogP contribution in [0.1, 0.15) is 11.1 Å². The van der Waals surface area contributed by atoms with E-state index in [-0.39, 0.29) is 4.90 Å². The molecule has 0 saturated heterocycles. The standard InChI is InChI=1S/C16H17N3O3S/c1-19(2)18-17-15-11-8-13(9-12-15)7-10-14-5-3-4-6-16(14)23(20,21)22/h3-12H,1-2H3,(H,20,21,22). The maximum Gasteiger partial charge on any atom is 0.295 e. The summed E-state index contributed by atoms with van der Waals surface area (Å²) in [5, 5.41) is 9.53. The lowest BCUT2D eigenvalue weighted by Gasteiger charge is -2.02. The normalized spacial score (nSPS) is 12.1. The Balaban J connectivity index is 2.22. The van der Waals surface area contributed by atoms with Gasteiger partial charge in [-0.3, -0.25) is 9.56 Å². The number of benzene rings is 2. The molecule has 2 aromatic carbocycles.